The first-order valence-electron chi connectivity index (χ1n) is 12.1. The molecule has 1 saturated carbocycles. The van der Waals surface area contributed by atoms with Crippen molar-refractivity contribution in [3.8, 4) is 5.75 Å². The van der Waals surface area contributed by atoms with Gasteiger partial charge in [-0.3, -0.25) is 15.1 Å². The van der Waals surface area contributed by atoms with Crippen LogP contribution in [0.1, 0.15) is 48.3 Å². The maximum atomic E-state index is 14.4. The van der Waals surface area contributed by atoms with Gasteiger partial charge in [0.25, 0.3) is 5.92 Å². The fourth-order valence-corrected chi connectivity index (χ4v) is 3.93. The largest absolute Gasteiger partial charge is 0.490 e. The van der Waals surface area contributed by atoms with Gasteiger partial charge in [0.2, 0.25) is 5.91 Å². The van der Waals surface area contributed by atoms with Gasteiger partial charge in [0.15, 0.2) is 12.0 Å². The van der Waals surface area contributed by atoms with Crippen LogP contribution >= 0.6 is 0 Å². The first-order valence-corrected chi connectivity index (χ1v) is 12.1. The van der Waals surface area contributed by atoms with E-state index in [4.69, 9.17) is 4.74 Å². The molecule has 0 spiro atoms. The standard InChI is InChI=1S/C24H29F3N8O3/c1-14-7-18(38-19-10-24(26,27)11-19)8-17(29-14)9-22(36)30-21-6-5-16(31-33-21)4-3-15(25)12-35-13-20(32-34-35)23(37)28-2/h5-8,13,15,19,23,28,37H,3-4,9-12H2,1-2H3,(H,30,33,36)/t15-,23?/m1/s1. The molecule has 204 valence electrons. The number of aliphatic hydroxyl groups is 1. The molecule has 2 atom stereocenters. The Kier molecular flexibility index (Phi) is 8.52. The summed E-state index contributed by atoms with van der Waals surface area (Å²) in [5.41, 5.74) is 1.89. The first-order chi connectivity index (χ1) is 18.1. The lowest BCUT2D eigenvalue weighted by Crippen LogP contribution is -2.43. The van der Waals surface area contributed by atoms with Crippen molar-refractivity contribution in [3.63, 3.8) is 0 Å². The molecule has 3 aromatic rings. The Hall–Kier alpha value is -3.65. The number of anilines is 1. The number of pyridine rings is 1. The number of aryl methyl sites for hydroxylation is 2. The van der Waals surface area contributed by atoms with E-state index < -0.39 is 24.4 Å². The smallest absolute Gasteiger partial charge is 0.255 e. The van der Waals surface area contributed by atoms with E-state index in [1.165, 1.54) is 10.9 Å². The summed E-state index contributed by atoms with van der Waals surface area (Å²) in [7, 11) is 1.57. The predicted octanol–water partition coefficient (Wildman–Crippen LogP) is 2.31. The van der Waals surface area contributed by atoms with Crippen LogP contribution in [-0.4, -0.2) is 66.4 Å². The number of nitrogens with zero attached hydrogens (tertiary/aromatic N) is 6. The summed E-state index contributed by atoms with van der Waals surface area (Å²) in [6, 6.07) is 6.43. The quantitative estimate of drug-likeness (QED) is 0.299. The Labute approximate surface area is 216 Å². The van der Waals surface area contributed by atoms with E-state index in [1.54, 1.807) is 38.2 Å². The van der Waals surface area contributed by atoms with E-state index in [1.807, 2.05) is 0 Å². The highest BCUT2D eigenvalue weighted by molar-refractivity contribution is 5.91. The molecule has 1 unspecified atom stereocenters. The molecule has 0 radical (unpaired) electrons. The molecule has 14 heteroatoms. The van der Waals surface area contributed by atoms with Crippen molar-refractivity contribution < 1.29 is 27.8 Å². The van der Waals surface area contributed by atoms with Crippen molar-refractivity contribution in [1.29, 1.82) is 0 Å². The molecule has 3 N–H and O–H groups in total. The number of hydrogen-bond donors (Lipinski definition) is 3. The van der Waals surface area contributed by atoms with Crippen LogP contribution in [0.2, 0.25) is 0 Å². The van der Waals surface area contributed by atoms with Gasteiger partial charge in [0.05, 0.1) is 30.6 Å². The monoisotopic (exact) mass is 534 g/mol. The Morgan fingerprint density at radius 2 is 2.03 bits per heavy atom. The van der Waals surface area contributed by atoms with Crippen LogP contribution in [0.4, 0.5) is 19.0 Å². The zero-order valence-electron chi connectivity index (χ0n) is 20.9. The van der Waals surface area contributed by atoms with Crippen molar-refractivity contribution >= 4 is 11.7 Å². The molecule has 3 heterocycles. The second kappa shape index (κ2) is 11.8. The predicted molar refractivity (Wildman–Crippen MR) is 129 cm³/mol. The fraction of sp³-hybridized carbons (Fsp3) is 0.500. The van der Waals surface area contributed by atoms with Gasteiger partial charge < -0.3 is 15.2 Å². The molecule has 3 aromatic heterocycles. The summed E-state index contributed by atoms with van der Waals surface area (Å²) in [4.78, 5) is 16.8. The minimum Gasteiger partial charge on any atom is -0.490 e. The Morgan fingerprint density at radius 3 is 2.71 bits per heavy atom. The lowest BCUT2D eigenvalue weighted by Gasteiger charge is -2.34. The number of rotatable bonds is 12. The Morgan fingerprint density at radius 1 is 1.24 bits per heavy atom. The summed E-state index contributed by atoms with van der Waals surface area (Å²) in [6.07, 6.45) is -1.48. The van der Waals surface area contributed by atoms with Crippen LogP contribution in [0.5, 0.6) is 5.75 Å². The lowest BCUT2D eigenvalue weighted by atomic mass is 9.91. The molecule has 11 nitrogen and oxygen atoms in total. The minimum absolute atomic E-state index is 0.0160. The van der Waals surface area contributed by atoms with E-state index in [0.717, 1.165) is 0 Å². The van der Waals surface area contributed by atoms with Gasteiger partial charge in [-0.2, -0.15) is 5.10 Å². The van der Waals surface area contributed by atoms with E-state index in [9.17, 15) is 23.1 Å². The molecule has 0 bridgehead atoms. The summed E-state index contributed by atoms with van der Waals surface area (Å²) >= 11 is 0. The highest BCUT2D eigenvalue weighted by Crippen LogP contribution is 2.39. The molecule has 1 fully saturated rings. The Bertz CT molecular complexity index is 1230. The SMILES string of the molecule is CNC(O)c1cn(C[C@H](F)CCc2ccc(NC(=O)Cc3cc(OC4CC(F)(F)C4)cc(C)n3)nn2)nn1. The third-order valence-corrected chi connectivity index (χ3v) is 5.87. The number of amides is 1. The molecule has 4 rings (SSSR count). The number of aliphatic hydroxyl groups excluding tert-OH is 1. The molecule has 1 aliphatic rings. The van der Waals surface area contributed by atoms with E-state index >= 15 is 0 Å². The molecule has 38 heavy (non-hydrogen) atoms. The van der Waals surface area contributed by atoms with Crippen LogP contribution in [0, 0.1) is 6.92 Å². The summed E-state index contributed by atoms with van der Waals surface area (Å²) in [5.74, 6) is -2.43. The molecular formula is C24H29F3N8O3. The van der Waals surface area contributed by atoms with E-state index in [0.29, 0.717) is 34.9 Å². The molecule has 1 amide bonds. The summed E-state index contributed by atoms with van der Waals surface area (Å²) < 4.78 is 47.4. The summed E-state index contributed by atoms with van der Waals surface area (Å²) in [5, 5.41) is 30.5. The number of ether oxygens (including phenoxy) is 1. The fourth-order valence-electron chi connectivity index (χ4n) is 3.93. The highest BCUT2D eigenvalue weighted by atomic mass is 19.3. The number of alkyl halides is 3. The van der Waals surface area contributed by atoms with Crippen molar-refractivity contribution in [2.75, 3.05) is 12.4 Å². The van der Waals surface area contributed by atoms with Crippen molar-refractivity contribution in [3.05, 3.63) is 53.2 Å². The maximum Gasteiger partial charge on any atom is 0.255 e. The number of halogens is 3. The second-order valence-electron chi connectivity index (χ2n) is 9.27. The van der Waals surface area contributed by atoms with Gasteiger partial charge in [-0.05, 0) is 38.9 Å². The molecule has 1 aliphatic carbocycles. The van der Waals surface area contributed by atoms with E-state index in [-0.39, 0.29) is 44.0 Å². The molecule has 0 aromatic carbocycles. The topological polar surface area (TPSA) is 140 Å². The average Bonchev–Trinajstić information content (AvgIpc) is 3.30. The van der Waals surface area contributed by atoms with Gasteiger partial charge >= 0.3 is 0 Å². The molecular weight excluding hydrogens is 505 g/mol. The first kappa shape index (κ1) is 27.4. The third-order valence-electron chi connectivity index (χ3n) is 5.87. The minimum atomic E-state index is -2.68. The van der Waals surface area contributed by atoms with Gasteiger partial charge in [-0.25, -0.2) is 17.9 Å². The van der Waals surface area contributed by atoms with Crippen LogP contribution < -0.4 is 15.4 Å². The maximum absolute atomic E-state index is 14.4. The van der Waals surface area contributed by atoms with Crippen LogP contribution in [0.3, 0.4) is 0 Å². The zero-order chi connectivity index (χ0) is 27.3. The normalized spacial score (nSPS) is 16.5. The number of carbonyl (C=O) groups excluding carboxylic acids is 1. The van der Waals surface area contributed by atoms with Crippen molar-refractivity contribution in [1.82, 2.24) is 35.5 Å². The second-order valence-corrected chi connectivity index (χ2v) is 9.27. The van der Waals surface area contributed by atoms with Crippen molar-refractivity contribution in [2.45, 2.75) is 70.0 Å². The van der Waals surface area contributed by atoms with Gasteiger partial charge in [0, 0.05) is 30.7 Å². The number of hydrogen-bond acceptors (Lipinski definition) is 9. The van der Waals surface area contributed by atoms with Gasteiger partial charge in [0.1, 0.15) is 23.7 Å². The van der Waals surface area contributed by atoms with Crippen LogP contribution in [0.15, 0.2) is 30.5 Å². The van der Waals surface area contributed by atoms with E-state index in [2.05, 4.69) is 36.1 Å². The third kappa shape index (κ3) is 7.68. The molecule has 0 saturated heterocycles. The van der Waals surface area contributed by atoms with Gasteiger partial charge in [-0.1, -0.05) is 5.21 Å². The number of nitrogens with one attached hydrogen (secondary N) is 2. The lowest BCUT2D eigenvalue weighted by molar-refractivity contribution is -0.134. The number of carbonyl (C=O) groups is 1. The van der Waals surface area contributed by atoms with Crippen LogP contribution in [0.25, 0.3) is 0 Å². The highest BCUT2D eigenvalue weighted by Gasteiger charge is 2.47. The molecule has 0 aliphatic heterocycles. The van der Waals surface area contributed by atoms with Crippen molar-refractivity contribution in [2.24, 2.45) is 0 Å². The average molecular weight is 535 g/mol. The number of aromatic nitrogens is 6. The van der Waals surface area contributed by atoms with Gasteiger partial charge in [-0.15, -0.1) is 10.2 Å². The van der Waals surface area contributed by atoms with Crippen LogP contribution in [-0.2, 0) is 24.2 Å². The zero-order valence-corrected chi connectivity index (χ0v) is 20.9. The Balaban J connectivity index is 1.23. The summed E-state index contributed by atoms with van der Waals surface area (Å²) in [6.45, 7) is 1.71.